The van der Waals surface area contributed by atoms with Crippen molar-refractivity contribution in [3.8, 4) is 0 Å². The topological polar surface area (TPSA) is 12.0 Å². The SMILES string of the molecule is CC(C)(C)NCCC=CC(F)(F)F. The Kier molecular flexibility index (Phi) is 4.47. The van der Waals surface area contributed by atoms with Gasteiger partial charge in [0.15, 0.2) is 0 Å². The largest absolute Gasteiger partial charge is 0.409 e. The first-order valence-electron chi connectivity index (χ1n) is 4.20. The van der Waals surface area contributed by atoms with Crippen molar-refractivity contribution in [2.24, 2.45) is 0 Å². The molecule has 4 heteroatoms. The molecule has 0 aromatic carbocycles. The Morgan fingerprint density at radius 3 is 2.08 bits per heavy atom. The van der Waals surface area contributed by atoms with Gasteiger partial charge in [-0.25, -0.2) is 0 Å². The molecular formula is C9H16F3N. The van der Waals surface area contributed by atoms with Crippen molar-refractivity contribution in [2.45, 2.75) is 38.9 Å². The maximum Gasteiger partial charge on any atom is 0.409 e. The number of allylic oxidation sites excluding steroid dienone is 1. The average Bonchev–Trinajstić information content (AvgIpc) is 1.81. The van der Waals surface area contributed by atoms with Crippen LogP contribution in [0.1, 0.15) is 27.2 Å². The summed E-state index contributed by atoms with van der Waals surface area (Å²) < 4.78 is 34.8. The van der Waals surface area contributed by atoms with E-state index in [1.54, 1.807) is 0 Å². The molecule has 0 fully saturated rings. The standard InChI is InChI=1S/C9H16F3N/c1-8(2,3)13-7-5-4-6-9(10,11)12/h4,6,13H,5,7H2,1-3H3. The van der Waals surface area contributed by atoms with Gasteiger partial charge in [-0.15, -0.1) is 0 Å². The second kappa shape index (κ2) is 4.65. The van der Waals surface area contributed by atoms with E-state index in [4.69, 9.17) is 0 Å². The lowest BCUT2D eigenvalue weighted by Crippen LogP contribution is -2.36. The summed E-state index contributed by atoms with van der Waals surface area (Å²) in [6.45, 7) is 6.48. The van der Waals surface area contributed by atoms with Crippen LogP contribution in [0.3, 0.4) is 0 Å². The van der Waals surface area contributed by atoms with Crippen LogP contribution in [0.25, 0.3) is 0 Å². The van der Waals surface area contributed by atoms with Gasteiger partial charge < -0.3 is 5.32 Å². The zero-order valence-corrected chi connectivity index (χ0v) is 8.20. The van der Waals surface area contributed by atoms with Gasteiger partial charge in [0, 0.05) is 11.6 Å². The monoisotopic (exact) mass is 195 g/mol. The van der Waals surface area contributed by atoms with Gasteiger partial charge in [-0.2, -0.15) is 13.2 Å². The van der Waals surface area contributed by atoms with E-state index in [1.165, 1.54) is 0 Å². The van der Waals surface area contributed by atoms with Gasteiger partial charge in [0.25, 0.3) is 0 Å². The van der Waals surface area contributed by atoms with E-state index in [0.717, 1.165) is 6.08 Å². The normalized spacial score (nSPS) is 14.0. The Labute approximate surface area is 77.0 Å². The number of hydrogen-bond acceptors (Lipinski definition) is 1. The zero-order chi connectivity index (χ0) is 10.5. The smallest absolute Gasteiger partial charge is 0.312 e. The van der Waals surface area contributed by atoms with Gasteiger partial charge in [-0.05, 0) is 33.7 Å². The van der Waals surface area contributed by atoms with E-state index in [2.05, 4.69) is 5.32 Å². The molecule has 0 rings (SSSR count). The molecule has 0 saturated carbocycles. The molecule has 0 spiro atoms. The van der Waals surface area contributed by atoms with Crippen molar-refractivity contribution in [1.29, 1.82) is 0 Å². The third-order valence-electron chi connectivity index (χ3n) is 1.27. The molecule has 0 aromatic heterocycles. The molecule has 0 aliphatic heterocycles. The second-order valence-corrected chi connectivity index (χ2v) is 3.91. The van der Waals surface area contributed by atoms with Crippen LogP contribution in [-0.4, -0.2) is 18.3 Å². The van der Waals surface area contributed by atoms with E-state index >= 15 is 0 Å². The highest BCUT2D eigenvalue weighted by Crippen LogP contribution is 2.15. The molecule has 0 unspecified atom stereocenters. The minimum Gasteiger partial charge on any atom is -0.312 e. The first-order valence-corrected chi connectivity index (χ1v) is 4.20. The van der Waals surface area contributed by atoms with Gasteiger partial charge in [0.2, 0.25) is 0 Å². The molecule has 0 aliphatic rings. The Bertz CT molecular complexity index is 165. The first-order chi connectivity index (χ1) is 5.71. The molecule has 0 heterocycles. The fraction of sp³-hybridized carbons (Fsp3) is 0.778. The quantitative estimate of drug-likeness (QED) is 0.539. The highest BCUT2D eigenvalue weighted by molar-refractivity contribution is 4.89. The number of alkyl halides is 3. The molecule has 1 nitrogen and oxygen atoms in total. The highest BCUT2D eigenvalue weighted by atomic mass is 19.4. The average molecular weight is 195 g/mol. The van der Waals surface area contributed by atoms with Crippen LogP contribution < -0.4 is 5.32 Å². The van der Waals surface area contributed by atoms with Crippen molar-refractivity contribution in [3.05, 3.63) is 12.2 Å². The summed E-state index contributed by atoms with van der Waals surface area (Å²) >= 11 is 0. The summed E-state index contributed by atoms with van der Waals surface area (Å²) in [7, 11) is 0. The fourth-order valence-corrected chi connectivity index (χ4v) is 0.747. The van der Waals surface area contributed by atoms with Gasteiger partial charge in [-0.1, -0.05) is 6.08 Å². The summed E-state index contributed by atoms with van der Waals surface area (Å²) in [5, 5.41) is 3.09. The highest BCUT2D eigenvalue weighted by Gasteiger charge is 2.21. The Morgan fingerprint density at radius 2 is 1.69 bits per heavy atom. The third kappa shape index (κ3) is 11.5. The molecule has 0 aliphatic carbocycles. The molecule has 0 amide bonds. The third-order valence-corrected chi connectivity index (χ3v) is 1.27. The van der Waals surface area contributed by atoms with Gasteiger partial charge in [-0.3, -0.25) is 0 Å². The molecule has 0 bridgehead atoms. The van der Waals surface area contributed by atoms with Gasteiger partial charge >= 0.3 is 6.18 Å². The number of hydrogen-bond donors (Lipinski definition) is 1. The molecule has 0 aromatic rings. The summed E-state index contributed by atoms with van der Waals surface area (Å²) in [5.74, 6) is 0. The molecule has 13 heavy (non-hydrogen) atoms. The second-order valence-electron chi connectivity index (χ2n) is 3.91. The van der Waals surface area contributed by atoms with Crippen LogP contribution in [-0.2, 0) is 0 Å². The van der Waals surface area contributed by atoms with E-state index < -0.39 is 6.18 Å². The predicted octanol–water partition coefficient (Wildman–Crippen LogP) is 2.88. The van der Waals surface area contributed by atoms with Crippen LogP contribution in [0.2, 0.25) is 0 Å². The summed E-state index contributed by atoms with van der Waals surface area (Å²) in [4.78, 5) is 0. The van der Waals surface area contributed by atoms with Crippen molar-refractivity contribution in [1.82, 2.24) is 5.32 Å². The molecule has 1 N–H and O–H groups in total. The Balaban J connectivity index is 3.53. The maximum absolute atomic E-state index is 11.6. The van der Waals surface area contributed by atoms with Crippen molar-refractivity contribution >= 4 is 0 Å². The molecular weight excluding hydrogens is 179 g/mol. The molecule has 0 saturated heterocycles. The Hall–Kier alpha value is -0.510. The van der Waals surface area contributed by atoms with Crippen molar-refractivity contribution in [2.75, 3.05) is 6.54 Å². The minimum absolute atomic E-state index is 0.0356. The molecule has 0 atom stereocenters. The van der Waals surface area contributed by atoms with Crippen LogP contribution >= 0.6 is 0 Å². The first kappa shape index (κ1) is 12.5. The maximum atomic E-state index is 11.6. The lowest BCUT2D eigenvalue weighted by Gasteiger charge is -2.19. The lowest BCUT2D eigenvalue weighted by molar-refractivity contribution is -0.0800. The number of nitrogens with one attached hydrogen (secondary N) is 1. The van der Waals surface area contributed by atoms with Crippen LogP contribution in [0.4, 0.5) is 13.2 Å². The molecule has 0 radical (unpaired) electrons. The summed E-state index contributed by atoms with van der Waals surface area (Å²) in [6, 6.07) is 0. The van der Waals surface area contributed by atoms with Crippen LogP contribution in [0.15, 0.2) is 12.2 Å². The molecule has 78 valence electrons. The van der Waals surface area contributed by atoms with Crippen LogP contribution in [0, 0.1) is 0 Å². The van der Waals surface area contributed by atoms with Gasteiger partial charge in [0.05, 0.1) is 0 Å². The predicted molar refractivity (Wildman–Crippen MR) is 47.6 cm³/mol. The number of rotatable bonds is 3. The fourth-order valence-electron chi connectivity index (χ4n) is 0.747. The van der Waals surface area contributed by atoms with E-state index in [1.807, 2.05) is 20.8 Å². The van der Waals surface area contributed by atoms with Crippen molar-refractivity contribution < 1.29 is 13.2 Å². The van der Waals surface area contributed by atoms with Gasteiger partial charge in [0.1, 0.15) is 0 Å². The summed E-state index contributed by atoms with van der Waals surface area (Å²) in [5.41, 5.74) is -0.0356. The number of halogens is 3. The van der Waals surface area contributed by atoms with Crippen molar-refractivity contribution in [3.63, 3.8) is 0 Å². The lowest BCUT2D eigenvalue weighted by atomic mass is 10.1. The summed E-state index contributed by atoms with van der Waals surface area (Å²) in [6.07, 6.45) is -2.37. The minimum atomic E-state index is -4.18. The van der Waals surface area contributed by atoms with E-state index in [0.29, 0.717) is 13.0 Å². The van der Waals surface area contributed by atoms with E-state index in [9.17, 15) is 13.2 Å². The Morgan fingerprint density at radius 1 is 1.15 bits per heavy atom. The van der Waals surface area contributed by atoms with E-state index in [-0.39, 0.29) is 11.6 Å². The van der Waals surface area contributed by atoms with Crippen LogP contribution in [0.5, 0.6) is 0 Å². The zero-order valence-electron chi connectivity index (χ0n) is 8.20.